The van der Waals surface area contributed by atoms with Crippen LogP contribution in [0.3, 0.4) is 0 Å². The molecule has 1 N–H and O–H groups in total. The standard InChI is InChI=1S/C10H14O2/c11-4-3-9-7-1-2-8(5-7)10(9)6-12/h1-2,6-11H,3-5H2. The molecule has 2 aliphatic carbocycles. The summed E-state index contributed by atoms with van der Waals surface area (Å²) in [7, 11) is 0. The number of fused-ring (bicyclic) bond motifs is 2. The fraction of sp³-hybridized carbons (Fsp3) is 0.700. The van der Waals surface area contributed by atoms with Crippen molar-refractivity contribution in [1.82, 2.24) is 0 Å². The number of aliphatic hydroxyl groups excluding tert-OH is 1. The highest BCUT2D eigenvalue weighted by molar-refractivity contribution is 5.57. The van der Waals surface area contributed by atoms with Gasteiger partial charge in [0.05, 0.1) is 0 Å². The Morgan fingerprint density at radius 1 is 1.42 bits per heavy atom. The van der Waals surface area contributed by atoms with Crippen LogP contribution in [0.1, 0.15) is 12.8 Å². The summed E-state index contributed by atoms with van der Waals surface area (Å²) in [6, 6.07) is 0. The first-order valence-electron chi connectivity index (χ1n) is 4.61. The molecule has 4 unspecified atom stereocenters. The second-order valence-corrected chi connectivity index (χ2v) is 3.84. The molecule has 0 radical (unpaired) electrons. The van der Waals surface area contributed by atoms with E-state index >= 15 is 0 Å². The molecule has 2 bridgehead atoms. The monoisotopic (exact) mass is 166 g/mol. The van der Waals surface area contributed by atoms with Crippen LogP contribution in [0.2, 0.25) is 0 Å². The number of hydrogen-bond donors (Lipinski definition) is 1. The number of rotatable bonds is 3. The van der Waals surface area contributed by atoms with Gasteiger partial charge in [-0.25, -0.2) is 0 Å². The molecule has 0 aromatic heterocycles. The number of carbonyl (C=O) groups excluding carboxylic acids is 1. The molecule has 0 aliphatic heterocycles. The van der Waals surface area contributed by atoms with E-state index in [0.717, 1.165) is 19.1 Å². The third-order valence-corrected chi connectivity index (χ3v) is 3.31. The Hall–Kier alpha value is -0.630. The van der Waals surface area contributed by atoms with E-state index in [4.69, 9.17) is 5.11 Å². The molecule has 0 aromatic carbocycles. The van der Waals surface area contributed by atoms with E-state index in [1.807, 2.05) is 0 Å². The highest BCUT2D eigenvalue weighted by atomic mass is 16.3. The van der Waals surface area contributed by atoms with Crippen molar-refractivity contribution >= 4 is 6.29 Å². The van der Waals surface area contributed by atoms with Gasteiger partial charge < -0.3 is 9.90 Å². The fourth-order valence-electron chi connectivity index (χ4n) is 2.72. The Morgan fingerprint density at radius 3 is 2.83 bits per heavy atom. The number of hydrogen-bond acceptors (Lipinski definition) is 2. The van der Waals surface area contributed by atoms with Crippen LogP contribution in [-0.2, 0) is 4.79 Å². The minimum absolute atomic E-state index is 0.187. The first kappa shape index (κ1) is 7.99. The van der Waals surface area contributed by atoms with E-state index in [1.165, 1.54) is 0 Å². The summed E-state index contributed by atoms with van der Waals surface area (Å²) in [4.78, 5) is 10.8. The first-order chi connectivity index (χ1) is 5.86. The van der Waals surface area contributed by atoms with Crippen LogP contribution in [-0.4, -0.2) is 18.0 Å². The van der Waals surface area contributed by atoms with Gasteiger partial charge in [0.2, 0.25) is 0 Å². The maximum absolute atomic E-state index is 10.8. The quantitative estimate of drug-likeness (QED) is 0.502. The minimum Gasteiger partial charge on any atom is -0.396 e. The van der Waals surface area contributed by atoms with Gasteiger partial charge in [-0.3, -0.25) is 0 Å². The molecule has 0 heterocycles. The Kier molecular flexibility index (Phi) is 2.01. The van der Waals surface area contributed by atoms with Crippen LogP contribution in [0, 0.1) is 23.7 Å². The lowest BCUT2D eigenvalue weighted by molar-refractivity contribution is -0.113. The van der Waals surface area contributed by atoms with Crippen molar-refractivity contribution in [3.8, 4) is 0 Å². The zero-order valence-electron chi connectivity index (χ0n) is 7.02. The van der Waals surface area contributed by atoms with Gasteiger partial charge in [0.15, 0.2) is 0 Å². The number of aldehydes is 1. The molecule has 2 heteroatoms. The zero-order chi connectivity index (χ0) is 8.55. The summed E-state index contributed by atoms with van der Waals surface area (Å²) in [5.41, 5.74) is 0. The number of aliphatic hydroxyl groups is 1. The second kappa shape index (κ2) is 3.02. The minimum atomic E-state index is 0.187. The van der Waals surface area contributed by atoms with Crippen LogP contribution < -0.4 is 0 Å². The lowest BCUT2D eigenvalue weighted by atomic mass is 9.82. The lowest BCUT2D eigenvalue weighted by Gasteiger charge is -2.22. The summed E-state index contributed by atoms with van der Waals surface area (Å²) >= 11 is 0. The van der Waals surface area contributed by atoms with E-state index < -0.39 is 0 Å². The van der Waals surface area contributed by atoms with E-state index in [2.05, 4.69) is 12.2 Å². The molecule has 0 spiro atoms. The predicted molar refractivity (Wildman–Crippen MR) is 45.5 cm³/mol. The van der Waals surface area contributed by atoms with Gasteiger partial charge in [-0.15, -0.1) is 0 Å². The third kappa shape index (κ3) is 1.02. The topological polar surface area (TPSA) is 37.3 Å². The van der Waals surface area contributed by atoms with Gasteiger partial charge in [0.1, 0.15) is 6.29 Å². The van der Waals surface area contributed by atoms with Crippen LogP contribution in [0.15, 0.2) is 12.2 Å². The first-order valence-corrected chi connectivity index (χ1v) is 4.61. The Bertz CT molecular complexity index is 210. The molecule has 0 saturated heterocycles. The molecular formula is C10H14O2. The summed E-state index contributed by atoms with van der Waals surface area (Å²) in [6.07, 6.45) is 7.38. The van der Waals surface area contributed by atoms with E-state index in [1.54, 1.807) is 0 Å². The van der Waals surface area contributed by atoms with Crippen molar-refractivity contribution in [3.63, 3.8) is 0 Å². The molecule has 66 valence electrons. The van der Waals surface area contributed by atoms with Crippen molar-refractivity contribution in [1.29, 1.82) is 0 Å². The molecule has 1 fully saturated rings. The molecule has 2 aliphatic rings. The number of allylic oxidation sites excluding steroid dienone is 2. The summed E-state index contributed by atoms with van der Waals surface area (Å²) < 4.78 is 0. The molecule has 0 aromatic rings. The van der Waals surface area contributed by atoms with Crippen molar-refractivity contribution in [2.45, 2.75) is 12.8 Å². The van der Waals surface area contributed by atoms with Gasteiger partial charge in [-0.1, -0.05) is 12.2 Å². The predicted octanol–water partition coefficient (Wildman–Crippen LogP) is 1.01. The highest BCUT2D eigenvalue weighted by Gasteiger charge is 2.43. The largest absolute Gasteiger partial charge is 0.396 e. The van der Waals surface area contributed by atoms with Gasteiger partial charge in [-0.05, 0) is 30.6 Å². The van der Waals surface area contributed by atoms with Gasteiger partial charge in [0.25, 0.3) is 0 Å². The van der Waals surface area contributed by atoms with Crippen molar-refractivity contribution in [3.05, 3.63) is 12.2 Å². The maximum atomic E-state index is 10.8. The molecule has 2 rings (SSSR count). The van der Waals surface area contributed by atoms with Gasteiger partial charge in [-0.2, -0.15) is 0 Å². The fourth-order valence-corrected chi connectivity index (χ4v) is 2.72. The zero-order valence-corrected chi connectivity index (χ0v) is 7.02. The lowest BCUT2D eigenvalue weighted by Crippen LogP contribution is -2.21. The molecule has 0 amide bonds. The van der Waals surface area contributed by atoms with Crippen LogP contribution >= 0.6 is 0 Å². The van der Waals surface area contributed by atoms with Crippen molar-refractivity contribution in [2.24, 2.45) is 23.7 Å². The second-order valence-electron chi connectivity index (χ2n) is 3.84. The summed E-state index contributed by atoms with van der Waals surface area (Å²) in [5.74, 6) is 1.65. The average Bonchev–Trinajstić information content (AvgIpc) is 2.64. The maximum Gasteiger partial charge on any atom is 0.123 e. The van der Waals surface area contributed by atoms with Crippen LogP contribution in [0.5, 0.6) is 0 Å². The summed E-state index contributed by atoms with van der Waals surface area (Å²) in [6.45, 7) is 0.214. The van der Waals surface area contributed by atoms with Crippen molar-refractivity contribution in [2.75, 3.05) is 6.61 Å². The smallest absolute Gasteiger partial charge is 0.123 e. The Balaban J connectivity index is 2.11. The van der Waals surface area contributed by atoms with E-state index in [-0.39, 0.29) is 12.5 Å². The van der Waals surface area contributed by atoms with Crippen LogP contribution in [0.4, 0.5) is 0 Å². The number of carbonyl (C=O) groups is 1. The molecule has 12 heavy (non-hydrogen) atoms. The molecule has 2 nitrogen and oxygen atoms in total. The van der Waals surface area contributed by atoms with Crippen LogP contribution in [0.25, 0.3) is 0 Å². The molecular weight excluding hydrogens is 152 g/mol. The highest BCUT2D eigenvalue weighted by Crippen LogP contribution is 2.48. The SMILES string of the molecule is O=CC1C2C=CC(C2)C1CCO. The Morgan fingerprint density at radius 2 is 2.17 bits per heavy atom. The van der Waals surface area contributed by atoms with Gasteiger partial charge >= 0.3 is 0 Å². The van der Waals surface area contributed by atoms with E-state index in [0.29, 0.717) is 17.8 Å². The average molecular weight is 166 g/mol. The normalized spacial score (nSPS) is 43.8. The summed E-state index contributed by atoms with van der Waals surface area (Å²) in [5, 5.41) is 8.83. The third-order valence-electron chi connectivity index (χ3n) is 3.31. The molecule has 4 atom stereocenters. The van der Waals surface area contributed by atoms with E-state index in [9.17, 15) is 4.79 Å². The van der Waals surface area contributed by atoms with Crippen molar-refractivity contribution < 1.29 is 9.90 Å². The Labute approximate surface area is 72.3 Å². The molecule has 1 saturated carbocycles. The van der Waals surface area contributed by atoms with Gasteiger partial charge in [0, 0.05) is 12.5 Å².